The van der Waals surface area contributed by atoms with E-state index in [1.54, 1.807) is 45.2 Å². The zero-order valence-electron chi connectivity index (χ0n) is 17.5. The van der Waals surface area contributed by atoms with Crippen LogP contribution in [0.15, 0.2) is 41.4 Å². The van der Waals surface area contributed by atoms with Gasteiger partial charge in [-0.05, 0) is 24.3 Å². The number of amides is 2. The number of likely N-dealkylation sites (N-methyl/N-ethyl adjacent to an activating group) is 1. The molecule has 160 valence electrons. The van der Waals surface area contributed by atoms with E-state index in [4.69, 9.17) is 6.42 Å². The molecule has 0 aliphatic carbocycles. The molecule has 30 heavy (non-hydrogen) atoms. The van der Waals surface area contributed by atoms with Crippen LogP contribution in [0.3, 0.4) is 0 Å². The molecule has 0 aliphatic rings. The van der Waals surface area contributed by atoms with Crippen molar-refractivity contribution in [3.63, 3.8) is 0 Å². The van der Waals surface area contributed by atoms with E-state index in [0.29, 0.717) is 24.3 Å². The second-order valence-electron chi connectivity index (χ2n) is 6.70. The zero-order chi connectivity index (χ0) is 22.5. The van der Waals surface area contributed by atoms with E-state index < -0.39 is 21.8 Å². The Labute approximate surface area is 177 Å². The summed E-state index contributed by atoms with van der Waals surface area (Å²) in [5.41, 5.74) is 1.33. The van der Waals surface area contributed by atoms with Gasteiger partial charge >= 0.3 is 0 Å². The van der Waals surface area contributed by atoms with Gasteiger partial charge in [-0.1, -0.05) is 25.8 Å². The van der Waals surface area contributed by atoms with Crippen LogP contribution in [0.25, 0.3) is 0 Å². The third-order valence-corrected chi connectivity index (χ3v) is 6.60. The highest BCUT2D eigenvalue weighted by molar-refractivity contribution is 7.89. The van der Waals surface area contributed by atoms with Crippen LogP contribution in [0.4, 0.5) is 5.69 Å². The largest absolute Gasteiger partial charge is 0.345 e. The van der Waals surface area contributed by atoms with Gasteiger partial charge in [-0.2, -0.15) is 4.31 Å². The van der Waals surface area contributed by atoms with Crippen molar-refractivity contribution in [1.29, 1.82) is 0 Å². The molecule has 2 aromatic rings. The van der Waals surface area contributed by atoms with E-state index in [-0.39, 0.29) is 17.1 Å². The van der Waals surface area contributed by atoms with E-state index in [0.717, 1.165) is 0 Å². The van der Waals surface area contributed by atoms with Crippen molar-refractivity contribution in [2.24, 2.45) is 7.05 Å². The van der Waals surface area contributed by atoms with Gasteiger partial charge in [0.25, 0.3) is 5.91 Å². The number of sulfonamides is 1. The Morgan fingerprint density at radius 1 is 1.20 bits per heavy atom. The molecular weight excluding hydrogens is 404 g/mol. The van der Waals surface area contributed by atoms with Gasteiger partial charge in [0.1, 0.15) is 10.6 Å². The minimum Gasteiger partial charge on any atom is -0.345 e. The summed E-state index contributed by atoms with van der Waals surface area (Å²) in [7, 11) is -0.618. The normalized spacial score (nSPS) is 11.2. The number of terminal acetylenes is 1. The molecule has 1 aromatic carbocycles. The first-order valence-corrected chi connectivity index (χ1v) is 10.9. The fraction of sp³-hybridized carbons (Fsp3) is 0.333. The summed E-state index contributed by atoms with van der Waals surface area (Å²) in [6.07, 6.45) is 6.76. The number of aryl methyl sites for hydroxylation is 1. The molecule has 0 fully saturated rings. The monoisotopic (exact) mass is 430 g/mol. The van der Waals surface area contributed by atoms with E-state index in [1.165, 1.54) is 33.1 Å². The van der Waals surface area contributed by atoms with E-state index >= 15 is 0 Å². The third kappa shape index (κ3) is 5.09. The quantitative estimate of drug-likeness (QED) is 0.646. The smallest absolute Gasteiger partial charge is 0.270 e. The van der Waals surface area contributed by atoms with Crippen molar-refractivity contribution in [1.82, 2.24) is 13.8 Å². The van der Waals surface area contributed by atoms with Crippen LogP contribution >= 0.6 is 0 Å². The van der Waals surface area contributed by atoms with Crippen LogP contribution < -0.4 is 5.32 Å². The maximum absolute atomic E-state index is 12.8. The first-order chi connectivity index (χ1) is 14.1. The molecule has 0 spiro atoms. The minimum atomic E-state index is -3.69. The van der Waals surface area contributed by atoms with Gasteiger partial charge in [-0.15, -0.1) is 6.42 Å². The molecule has 0 atom stereocenters. The number of aromatic nitrogens is 1. The Hall–Kier alpha value is -3.09. The lowest BCUT2D eigenvalue weighted by molar-refractivity contribution is -0.116. The van der Waals surface area contributed by atoms with Gasteiger partial charge in [0.05, 0.1) is 6.54 Å². The molecule has 0 radical (unpaired) electrons. The lowest BCUT2D eigenvalue weighted by atomic mass is 10.2. The van der Waals surface area contributed by atoms with Gasteiger partial charge < -0.3 is 14.8 Å². The average Bonchev–Trinajstić information content (AvgIpc) is 3.10. The lowest BCUT2D eigenvalue weighted by Gasteiger charge is -2.17. The van der Waals surface area contributed by atoms with E-state index in [9.17, 15) is 18.0 Å². The van der Waals surface area contributed by atoms with Gasteiger partial charge in [0, 0.05) is 44.6 Å². The summed E-state index contributed by atoms with van der Waals surface area (Å²) in [5, 5.41) is 2.69. The predicted octanol–water partition coefficient (Wildman–Crippen LogP) is 1.75. The summed E-state index contributed by atoms with van der Waals surface area (Å²) in [6, 6.07) is 8.15. The number of benzene rings is 1. The van der Waals surface area contributed by atoms with E-state index in [2.05, 4.69) is 11.2 Å². The highest BCUT2D eigenvalue weighted by Crippen LogP contribution is 2.19. The predicted molar refractivity (Wildman–Crippen MR) is 115 cm³/mol. The van der Waals surface area contributed by atoms with Crippen LogP contribution in [0.5, 0.6) is 0 Å². The molecule has 9 heteroatoms. The van der Waals surface area contributed by atoms with Gasteiger partial charge in [-0.25, -0.2) is 8.42 Å². The maximum atomic E-state index is 12.8. The number of nitrogens with zero attached hydrogens (tertiary/aromatic N) is 3. The maximum Gasteiger partial charge on any atom is 0.270 e. The van der Waals surface area contributed by atoms with Crippen molar-refractivity contribution >= 4 is 27.5 Å². The number of carbonyl (C=O) groups excluding carboxylic acids is 2. The molecule has 1 aromatic heterocycles. The van der Waals surface area contributed by atoms with Gasteiger partial charge in [0.15, 0.2) is 0 Å². The molecule has 2 amide bonds. The highest BCUT2D eigenvalue weighted by Gasteiger charge is 2.26. The van der Waals surface area contributed by atoms with Crippen molar-refractivity contribution in [2.45, 2.75) is 18.7 Å². The first-order valence-electron chi connectivity index (χ1n) is 9.42. The molecule has 0 unspecified atom stereocenters. The number of hydrogen-bond acceptors (Lipinski definition) is 4. The summed E-state index contributed by atoms with van der Waals surface area (Å²) in [5.74, 6) is 1.62. The standard InChI is InChI=1S/C21H26N4O4S/c1-6-16-10-9-11-17(12-16)22-20(26)15-24(5)21(27)19-13-18(14-23(19)4)30(28,29)25(7-2)8-3/h1,9-14H,7-8,15H2,2-5H3,(H,22,26). The molecule has 0 saturated heterocycles. The summed E-state index contributed by atoms with van der Waals surface area (Å²) >= 11 is 0. The second kappa shape index (κ2) is 9.61. The minimum absolute atomic E-state index is 0.0426. The van der Waals surface area contributed by atoms with Crippen molar-refractivity contribution in [3.8, 4) is 12.3 Å². The topological polar surface area (TPSA) is 91.7 Å². The number of hydrogen-bond donors (Lipinski definition) is 1. The Morgan fingerprint density at radius 3 is 2.47 bits per heavy atom. The summed E-state index contributed by atoms with van der Waals surface area (Å²) in [6.45, 7) is 3.96. The fourth-order valence-electron chi connectivity index (χ4n) is 2.97. The van der Waals surface area contributed by atoms with Crippen LogP contribution in [0.1, 0.15) is 29.9 Å². The third-order valence-electron chi connectivity index (χ3n) is 4.58. The zero-order valence-corrected chi connectivity index (χ0v) is 18.4. The number of anilines is 1. The first kappa shape index (κ1) is 23.2. The number of rotatable bonds is 8. The molecule has 1 N–H and O–H groups in total. The molecule has 2 rings (SSSR count). The summed E-state index contributed by atoms with van der Waals surface area (Å²) in [4.78, 5) is 26.4. The Kier molecular flexibility index (Phi) is 7.43. The molecule has 1 heterocycles. The highest BCUT2D eigenvalue weighted by atomic mass is 32.2. The molecule has 8 nitrogen and oxygen atoms in total. The van der Waals surface area contributed by atoms with Crippen LogP contribution in [0, 0.1) is 12.3 Å². The SMILES string of the molecule is C#Cc1cccc(NC(=O)CN(C)C(=O)c2cc(S(=O)(=O)N(CC)CC)cn2C)c1. The van der Waals surface area contributed by atoms with Crippen molar-refractivity contribution < 1.29 is 18.0 Å². The fourth-order valence-corrected chi connectivity index (χ4v) is 4.50. The molecule has 0 bridgehead atoms. The van der Waals surface area contributed by atoms with Crippen LogP contribution in [-0.4, -0.2) is 60.7 Å². The van der Waals surface area contributed by atoms with E-state index in [1.807, 2.05) is 0 Å². The summed E-state index contributed by atoms with van der Waals surface area (Å²) < 4.78 is 28.2. The Morgan fingerprint density at radius 2 is 1.87 bits per heavy atom. The lowest BCUT2D eigenvalue weighted by Crippen LogP contribution is -2.35. The van der Waals surface area contributed by atoms with Gasteiger partial charge in [0.2, 0.25) is 15.9 Å². The van der Waals surface area contributed by atoms with Gasteiger partial charge in [-0.3, -0.25) is 9.59 Å². The molecular formula is C21H26N4O4S. The molecule has 0 aliphatic heterocycles. The number of carbonyl (C=O) groups is 2. The van der Waals surface area contributed by atoms with Crippen LogP contribution in [0.2, 0.25) is 0 Å². The Balaban J connectivity index is 2.13. The second-order valence-corrected chi connectivity index (χ2v) is 8.63. The average molecular weight is 431 g/mol. The molecule has 0 saturated carbocycles. The Bertz CT molecular complexity index is 1080. The number of nitrogens with one attached hydrogen (secondary N) is 1. The van der Waals surface area contributed by atoms with Crippen LogP contribution in [-0.2, 0) is 21.9 Å². The van der Waals surface area contributed by atoms with Crippen molar-refractivity contribution in [3.05, 3.63) is 47.8 Å². The van der Waals surface area contributed by atoms with Crippen molar-refractivity contribution in [2.75, 3.05) is 32.0 Å².